The molecule has 3 aromatic rings. The first-order valence-electron chi connectivity index (χ1n) is 9.63. The topological polar surface area (TPSA) is 93.4 Å². The van der Waals surface area contributed by atoms with Gasteiger partial charge in [0.2, 0.25) is 5.91 Å². The van der Waals surface area contributed by atoms with E-state index in [4.69, 9.17) is 0 Å². The minimum atomic E-state index is -0.518. The summed E-state index contributed by atoms with van der Waals surface area (Å²) in [6.07, 6.45) is 3.53. The van der Waals surface area contributed by atoms with Crippen LogP contribution in [0, 0.1) is 0 Å². The lowest BCUT2D eigenvalue weighted by Crippen LogP contribution is -2.36. The van der Waals surface area contributed by atoms with Crippen LogP contribution in [-0.2, 0) is 23.7 Å². The van der Waals surface area contributed by atoms with Gasteiger partial charge in [0.05, 0.1) is 15.9 Å². The molecule has 10 heteroatoms. The number of carbonyl (C=O) groups excluding carboxylic acids is 3. The average molecular weight is 469 g/mol. The number of imide groups is 1. The normalized spacial score (nSPS) is 15.2. The number of nitrogens with zero attached hydrogens (tertiary/aromatic N) is 3. The number of rotatable bonds is 5. The molecule has 1 aliphatic rings. The van der Waals surface area contributed by atoms with Crippen LogP contribution in [0.3, 0.4) is 0 Å². The fourth-order valence-corrected chi connectivity index (χ4v) is 4.74. The monoisotopic (exact) mass is 468 g/mol. The van der Waals surface area contributed by atoms with Gasteiger partial charge in [-0.3, -0.25) is 28.4 Å². The first kappa shape index (κ1) is 22.0. The van der Waals surface area contributed by atoms with Crippen LogP contribution in [0.15, 0.2) is 57.1 Å². The number of anilines is 1. The van der Waals surface area contributed by atoms with Crippen molar-refractivity contribution in [2.75, 3.05) is 18.1 Å². The molecule has 0 aliphatic carbocycles. The molecule has 2 heterocycles. The summed E-state index contributed by atoms with van der Waals surface area (Å²) in [7, 11) is 3.37. The molecule has 2 aromatic carbocycles. The lowest BCUT2D eigenvalue weighted by molar-refractivity contribution is -0.127. The van der Waals surface area contributed by atoms with E-state index in [1.54, 1.807) is 60.8 Å². The second kappa shape index (κ2) is 8.71. The highest BCUT2D eigenvalue weighted by Crippen LogP contribution is 2.32. The minimum Gasteiger partial charge on any atom is -0.324 e. The number of carbonyl (C=O) groups is 3. The van der Waals surface area contributed by atoms with Gasteiger partial charge in [-0.1, -0.05) is 12.1 Å². The molecule has 0 saturated carbocycles. The Balaban J connectivity index is 1.51. The summed E-state index contributed by atoms with van der Waals surface area (Å²) < 4.78 is 3.06. The second-order valence-electron chi connectivity index (χ2n) is 7.20. The molecule has 32 heavy (non-hydrogen) atoms. The van der Waals surface area contributed by atoms with Crippen molar-refractivity contribution in [2.24, 2.45) is 14.1 Å². The van der Waals surface area contributed by atoms with Gasteiger partial charge in [0.25, 0.3) is 11.1 Å². The van der Waals surface area contributed by atoms with Gasteiger partial charge < -0.3 is 5.32 Å². The molecule has 0 bridgehead atoms. The van der Waals surface area contributed by atoms with Crippen molar-refractivity contribution in [1.82, 2.24) is 14.0 Å². The Morgan fingerprint density at radius 3 is 2.56 bits per heavy atom. The Labute approximate surface area is 192 Å². The third-order valence-corrected chi connectivity index (χ3v) is 6.76. The van der Waals surface area contributed by atoms with Gasteiger partial charge >= 0.3 is 5.69 Å². The van der Waals surface area contributed by atoms with E-state index in [2.05, 4.69) is 5.32 Å². The van der Waals surface area contributed by atoms with Crippen LogP contribution in [0.2, 0.25) is 0 Å². The van der Waals surface area contributed by atoms with Crippen LogP contribution in [-0.4, -0.2) is 43.9 Å². The fraction of sp³-hybridized carbons (Fsp3) is 0.182. The number of amides is 3. The van der Waals surface area contributed by atoms with Gasteiger partial charge in [-0.15, -0.1) is 11.8 Å². The SMILES string of the molecule is CSc1cccc(NC(=O)CN2C(=O)S/C(=C/c3ccc4c(c3)n(C)c(=O)n4C)C2=O)c1. The molecule has 0 atom stereocenters. The third kappa shape index (κ3) is 4.11. The summed E-state index contributed by atoms with van der Waals surface area (Å²) >= 11 is 2.34. The predicted octanol–water partition coefficient (Wildman–Crippen LogP) is 3.27. The van der Waals surface area contributed by atoms with E-state index in [9.17, 15) is 19.2 Å². The van der Waals surface area contributed by atoms with Gasteiger partial charge in [0, 0.05) is 24.7 Å². The maximum Gasteiger partial charge on any atom is 0.328 e. The number of thioether (sulfide) groups is 2. The summed E-state index contributed by atoms with van der Waals surface area (Å²) in [5.41, 5.74) is 2.63. The van der Waals surface area contributed by atoms with E-state index in [1.807, 2.05) is 24.5 Å². The van der Waals surface area contributed by atoms with E-state index in [0.29, 0.717) is 11.3 Å². The van der Waals surface area contributed by atoms with Crippen molar-refractivity contribution in [2.45, 2.75) is 4.90 Å². The number of aromatic nitrogens is 2. The van der Waals surface area contributed by atoms with E-state index in [-0.39, 0.29) is 17.1 Å². The van der Waals surface area contributed by atoms with Crippen LogP contribution in [0.5, 0.6) is 0 Å². The molecule has 1 fully saturated rings. The molecule has 0 radical (unpaired) electrons. The van der Waals surface area contributed by atoms with Crippen molar-refractivity contribution in [3.05, 3.63) is 63.4 Å². The molecule has 1 N–H and O–H groups in total. The van der Waals surface area contributed by atoms with Crippen molar-refractivity contribution in [3.63, 3.8) is 0 Å². The molecule has 4 rings (SSSR count). The molecular formula is C22H20N4O4S2. The van der Waals surface area contributed by atoms with Gasteiger partial charge in [0.15, 0.2) is 0 Å². The quantitative estimate of drug-likeness (QED) is 0.456. The molecule has 164 valence electrons. The number of fused-ring (bicyclic) bond motifs is 1. The average Bonchev–Trinajstić information content (AvgIpc) is 3.16. The number of benzene rings is 2. The number of nitrogens with one attached hydrogen (secondary N) is 1. The Morgan fingerprint density at radius 2 is 1.81 bits per heavy atom. The summed E-state index contributed by atoms with van der Waals surface area (Å²) in [5, 5.41) is 2.22. The van der Waals surface area contributed by atoms with E-state index in [1.165, 1.54) is 4.57 Å². The van der Waals surface area contributed by atoms with Crippen LogP contribution >= 0.6 is 23.5 Å². The van der Waals surface area contributed by atoms with Gasteiger partial charge in [-0.05, 0) is 60.0 Å². The second-order valence-corrected chi connectivity index (χ2v) is 9.07. The maximum atomic E-state index is 12.8. The Kier molecular flexibility index (Phi) is 5.98. The summed E-state index contributed by atoms with van der Waals surface area (Å²) in [6, 6.07) is 12.7. The number of hydrogen-bond acceptors (Lipinski definition) is 6. The molecule has 0 spiro atoms. The zero-order valence-electron chi connectivity index (χ0n) is 17.6. The lowest BCUT2D eigenvalue weighted by Gasteiger charge is -2.12. The Morgan fingerprint density at radius 1 is 1.06 bits per heavy atom. The molecule has 1 aromatic heterocycles. The van der Waals surface area contributed by atoms with Crippen molar-refractivity contribution in [3.8, 4) is 0 Å². The smallest absolute Gasteiger partial charge is 0.324 e. The highest BCUT2D eigenvalue weighted by atomic mass is 32.2. The van der Waals surface area contributed by atoms with E-state index >= 15 is 0 Å². The third-order valence-electron chi connectivity index (χ3n) is 5.12. The molecule has 3 amide bonds. The first-order chi connectivity index (χ1) is 15.3. The molecule has 1 saturated heterocycles. The van der Waals surface area contributed by atoms with Gasteiger partial charge in [-0.2, -0.15) is 0 Å². The number of imidazole rings is 1. The number of aryl methyl sites for hydroxylation is 2. The van der Waals surface area contributed by atoms with E-state index < -0.39 is 17.1 Å². The highest BCUT2D eigenvalue weighted by Gasteiger charge is 2.36. The van der Waals surface area contributed by atoms with Crippen molar-refractivity contribution in [1.29, 1.82) is 0 Å². The van der Waals surface area contributed by atoms with Crippen LogP contribution < -0.4 is 11.0 Å². The molecular weight excluding hydrogens is 448 g/mol. The van der Waals surface area contributed by atoms with Gasteiger partial charge in [0.1, 0.15) is 6.54 Å². The van der Waals surface area contributed by atoms with E-state index in [0.717, 1.165) is 32.6 Å². The Bertz CT molecular complexity index is 1360. The zero-order valence-corrected chi connectivity index (χ0v) is 19.3. The zero-order chi connectivity index (χ0) is 23.0. The molecule has 8 nitrogen and oxygen atoms in total. The molecule has 1 aliphatic heterocycles. The predicted molar refractivity (Wildman–Crippen MR) is 128 cm³/mol. The summed E-state index contributed by atoms with van der Waals surface area (Å²) in [5.74, 6) is -0.970. The standard InChI is InChI=1S/C22H20N4O4S2/c1-24-16-8-7-13(9-17(16)25(2)21(24)29)10-18-20(28)26(22(30)32-18)12-19(27)23-14-5-4-6-15(11-14)31-3/h4-11H,12H2,1-3H3,(H,23,27)/b18-10+. The number of hydrogen-bond donors (Lipinski definition) is 1. The fourth-order valence-electron chi connectivity index (χ4n) is 3.45. The lowest BCUT2D eigenvalue weighted by atomic mass is 10.2. The summed E-state index contributed by atoms with van der Waals surface area (Å²) in [4.78, 5) is 51.8. The Hall–Kier alpha value is -3.24. The molecule has 0 unspecified atom stereocenters. The van der Waals surface area contributed by atoms with Crippen LogP contribution in [0.1, 0.15) is 5.56 Å². The van der Waals surface area contributed by atoms with Crippen LogP contribution in [0.25, 0.3) is 17.1 Å². The largest absolute Gasteiger partial charge is 0.328 e. The van der Waals surface area contributed by atoms with Crippen molar-refractivity contribution < 1.29 is 14.4 Å². The highest BCUT2D eigenvalue weighted by molar-refractivity contribution is 8.18. The maximum absolute atomic E-state index is 12.8. The first-order valence-corrected chi connectivity index (χ1v) is 11.7. The van der Waals surface area contributed by atoms with Crippen LogP contribution in [0.4, 0.5) is 10.5 Å². The van der Waals surface area contributed by atoms with Crippen molar-refractivity contribution >= 4 is 63.4 Å². The summed E-state index contributed by atoms with van der Waals surface area (Å²) in [6.45, 7) is -0.363. The minimum absolute atomic E-state index is 0.147. The van der Waals surface area contributed by atoms with Gasteiger partial charge in [-0.25, -0.2) is 4.79 Å².